The van der Waals surface area contributed by atoms with Gasteiger partial charge < -0.3 is 10.1 Å². The first-order valence-electron chi connectivity index (χ1n) is 9.14. The smallest absolute Gasteiger partial charge is 0.221 e. The molecule has 0 radical (unpaired) electrons. The highest BCUT2D eigenvalue weighted by molar-refractivity contribution is 7.08. The molecule has 0 atom stereocenters. The number of nitrogens with zero attached hydrogens (tertiary/aromatic N) is 2. The molecule has 0 aliphatic carbocycles. The zero-order chi connectivity index (χ0) is 19.3. The fraction of sp³-hybridized carbons (Fsp3) is 0.182. The summed E-state index contributed by atoms with van der Waals surface area (Å²) in [6.07, 6.45) is 2.22. The van der Waals surface area contributed by atoms with Crippen molar-refractivity contribution in [1.29, 1.82) is 0 Å². The average Bonchev–Trinajstić information content (AvgIpc) is 3.40. The Bertz CT molecular complexity index is 1090. The predicted molar refractivity (Wildman–Crippen MR) is 113 cm³/mol. The molecule has 6 heteroatoms. The number of ether oxygens (including phenoxy) is 1. The summed E-state index contributed by atoms with van der Waals surface area (Å²) in [5.74, 6) is 0.811. The molecule has 0 saturated heterocycles. The number of benzene rings is 2. The summed E-state index contributed by atoms with van der Waals surface area (Å²) in [5, 5.41) is 12.3. The van der Waals surface area contributed by atoms with Crippen LogP contribution >= 0.6 is 11.3 Å². The number of hydrogen-bond donors (Lipinski definition) is 1. The van der Waals surface area contributed by atoms with E-state index in [0.29, 0.717) is 19.6 Å². The summed E-state index contributed by atoms with van der Waals surface area (Å²) in [7, 11) is 1.64. The van der Waals surface area contributed by atoms with Crippen molar-refractivity contribution in [1.82, 2.24) is 15.1 Å². The molecule has 0 saturated carbocycles. The van der Waals surface area contributed by atoms with E-state index in [4.69, 9.17) is 4.74 Å². The number of rotatable bonds is 7. The Morgan fingerprint density at radius 3 is 2.93 bits per heavy atom. The monoisotopic (exact) mass is 391 g/mol. The van der Waals surface area contributed by atoms with Crippen LogP contribution in [0.4, 0.5) is 0 Å². The van der Waals surface area contributed by atoms with E-state index in [1.165, 1.54) is 11.1 Å². The first kappa shape index (κ1) is 18.3. The molecular weight excluding hydrogens is 370 g/mol. The molecule has 2 aromatic heterocycles. The van der Waals surface area contributed by atoms with Crippen LogP contribution in [-0.4, -0.2) is 22.7 Å². The van der Waals surface area contributed by atoms with Crippen LogP contribution in [0.5, 0.6) is 5.75 Å². The van der Waals surface area contributed by atoms with E-state index in [9.17, 15) is 4.79 Å². The number of carbonyl (C=O) groups excluding carboxylic acids is 1. The maximum absolute atomic E-state index is 11.5. The van der Waals surface area contributed by atoms with Crippen LogP contribution in [0.15, 0.2) is 65.5 Å². The summed E-state index contributed by atoms with van der Waals surface area (Å²) < 4.78 is 7.91. The van der Waals surface area contributed by atoms with Gasteiger partial charge in [0.1, 0.15) is 12.4 Å². The number of thiophene rings is 1. The van der Waals surface area contributed by atoms with E-state index in [2.05, 4.69) is 45.4 Å². The van der Waals surface area contributed by atoms with Crippen molar-refractivity contribution in [2.24, 2.45) is 0 Å². The minimum Gasteiger partial charge on any atom is -0.489 e. The highest BCUT2D eigenvalue weighted by atomic mass is 32.1. The molecule has 4 rings (SSSR count). The Kier molecular flexibility index (Phi) is 5.39. The van der Waals surface area contributed by atoms with Crippen molar-refractivity contribution < 1.29 is 9.53 Å². The highest BCUT2D eigenvalue weighted by Crippen LogP contribution is 2.27. The molecule has 28 heavy (non-hydrogen) atoms. The molecule has 142 valence electrons. The van der Waals surface area contributed by atoms with E-state index in [1.807, 2.05) is 35.1 Å². The van der Waals surface area contributed by atoms with Gasteiger partial charge in [-0.2, -0.15) is 16.4 Å². The van der Waals surface area contributed by atoms with Crippen LogP contribution in [-0.2, 0) is 17.9 Å². The lowest BCUT2D eigenvalue weighted by Crippen LogP contribution is -2.19. The number of carbonyl (C=O) groups is 1. The number of hydrogen-bond acceptors (Lipinski definition) is 4. The molecule has 0 aliphatic heterocycles. The molecule has 4 aromatic rings. The van der Waals surface area contributed by atoms with Crippen LogP contribution in [0, 0.1) is 0 Å². The van der Waals surface area contributed by atoms with Crippen molar-refractivity contribution in [3.63, 3.8) is 0 Å². The van der Waals surface area contributed by atoms with E-state index in [0.717, 1.165) is 22.2 Å². The van der Waals surface area contributed by atoms with E-state index < -0.39 is 0 Å². The van der Waals surface area contributed by atoms with Crippen LogP contribution in [0.25, 0.3) is 22.0 Å². The molecule has 0 bridgehead atoms. The predicted octanol–water partition coefficient (Wildman–Crippen LogP) is 4.48. The van der Waals surface area contributed by atoms with Gasteiger partial charge in [0.15, 0.2) is 0 Å². The fourth-order valence-electron chi connectivity index (χ4n) is 3.17. The lowest BCUT2D eigenvalue weighted by molar-refractivity contribution is -0.120. The third-order valence-corrected chi connectivity index (χ3v) is 5.37. The lowest BCUT2D eigenvalue weighted by atomic mass is 10.0. The van der Waals surface area contributed by atoms with Gasteiger partial charge in [0, 0.05) is 18.9 Å². The van der Waals surface area contributed by atoms with Crippen molar-refractivity contribution >= 4 is 28.1 Å². The molecule has 0 aliphatic rings. The summed E-state index contributed by atoms with van der Waals surface area (Å²) in [6, 6.07) is 16.4. The van der Waals surface area contributed by atoms with Crippen LogP contribution in [0.1, 0.15) is 12.0 Å². The van der Waals surface area contributed by atoms with Crippen LogP contribution < -0.4 is 10.1 Å². The summed E-state index contributed by atoms with van der Waals surface area (Å²) >= 11 is 1.69. The second kappa shape index (κ2) is 8.27. The molecule has 2 heterocycles. The standard InChI is InChI=1S/C22H21N3O2S/c1-23-22(26)8-10-25-21-7-6-19(12-18(21)13-24-25)27-14-16-4-2-3-5-20(16)17-9-11-28-15-17/h2-7,9,11-13,15H,8,10,14H2,1H3,(H,23,26). The third-order valence-electron chi connectivity index (χ3n) is 4.69. The zero-order valence-corrected chi connectivity index (χ0v) is 16.4. The molecule has 5 nitrogen and oxygen atoms in total. The van der Waals surface area contributed by atoms with Crippen LogP contribution in [0.2, 0.25) is 0 Å². The topological polar surface area (TPSA) is 56.2 Å². The van der Waals surface area contributed by atoms with Crippen LogP contribution in [0.3, 0.4) is 0 Å². The Balaban J connectivity index is 1.48. The number of amides is 1. The highest BCUT2D eigenvalue weighted by Gasteiger charge is 2.08. The van der Waals surface area contributed by atoms with Gasteiger partial charge in [-0.1, -0.05) is 24.3 Å². The normalized spacial score (nSPS) is 10.9. The molecule has 1 amide bonds. The van der Waals surface area contributed by atoms with Gasteiger partial charge in [-0.25, -0.2) is 0 Å². The Morgan fingerprint density at radius 2 is 2.11 bits per heavy atom. The fourth-order valence-corrected chi connectivity index (χ4v) is 3.83. The van der Waals surface area contributed by atoms with Gasteiger partial charge in [0.2, 0.25) is 5.91 Å². The van der Waals surface area contributed by atoms with E-state index in [-0.39, 0.29) is 5.91 Å². The second-order valence-electron chi connectivity index (χ2n) is 6.47. The number of fused-ring (bicyclic) bond motifs is 1. The molecule has 0 fully saturated rings. The lowest BCUT2D eigenvalue weighted by Gasteiger charge is -2.11. The Hall–Kier alpha value is -3.12. The van der Waals surface area contributed by atoms with Gasteiger partial charge >= 0.3 is 0 Å². The summed E-state index contributed by atoms with van der Waals surface area (Å²) in [6.45, 7) is 1.06. The maximum atomic E-state index is 11.5. The van der Waals surface area contributed by atoms with Gasteiger partial charge in [0.25, 0.3) is 0 Å². The van der Waals surface area contributed by atoms with Gasteiger partial charge in [0.05, 0.1) is 18.3 Å². The van der Waals surface area contributed by atoms with Gasteiger partial charge in [-0.15, -0.1) is 0 Å². The van der Waals surface area contributed by atoms with Gasteiger partial charge in [-0.05, 0) is 51.7 Å². The average molecular weight is 391 g/mol. The molecule has 1 N–H and O–H groups in total. The maximum Gasteiger partial charge on any atom is 0.221 e. The van der Waals surface area contributed by atoms with E-state index in [1.54, 1.807) is 18.4 Å². The number of aromatic nitrogens is 2. The van der Waals surface area contributed by atoms with Crippen molar-refractivity contribution in [2.45, 2.75) is 19.6 Å². The molecular formula is C22H21N3O2S. The Morgan fingerprint density at radius 1 is 1.21 bits per heavy atom. The summed E-state index contributed by atoms with van der Waals surface area (Å²) in [4.78, 5) is 11.5. The summed E-state index contributed by atoms with van der Waals surface area (Å²) in [5.41, 5.74) is 4.57. The second-order valence-corrected chi connectivity index (χ2v) is 7.25. The van der Waals surface area contributed by atoms with Crippen molar-refractivity contribution in [2.75, 3.05) is 7.05 Å². The number of aryl methyl sites for hydroxylation is 1. The van der Waals surface area contributed by atoms with Crippen molar-refractivity contribution in [3.05, 3.63) is 71.1 Å². The molecule has 0 spiro atoms. The minimum atomic E-state index is 0.00731. The Labute approximate surface area is 167 Å². The first-order valence-corrected chi connectivity index (χ1v) is 10.1. The molecule has 2 aromatic carbocycles. The number of nitrogens with one attached hydrogen (secondary N) is 1. The quantitative estimate of drug-likeness (QED) is 0.505. The minimum absolute atomic E-state index is 0.00731. The largest absolute Gasteiger partial charge is 0.489 e. The zero-order valence-electron chi connectivity index (χ0n) is 15.6. The SMILES string of the molecule is CNC(=O)CCn1ncc2cc(OCc3ccccc3-c3ccsc3)ccc21. The third kappa shape index (κ3) is 3.92. The first-order chi connectivity index (χ1) is 13.7. The van der Waals surface area contributed by atoms with E-state index >= 15 is 0 Å². The van der Waals surface area contributed by atoms with Gasteiger partial charge in [-0.3, -0.25) is 9.48 Å². The molecule has 0 unspecified atom stereocenters. The van der Waals surface area contributed by atoms with Crippen molar-refractivity contribution in [3.8, 4) is 16.9 Å².